The van der Waals surface area contributed by atoms with Crippen LogP contribution in [0.2, 0.25) is 0 Å². The normalized spacial score (nSPS) is 16.7. The number of hydrogen-bond donors (Lipinski definition) is 2. The van der Waals surface area contributed by atoms with E-state index in [0.29, 0.717) is 18.2 Å². The molecule has 152 valence electrons. The second-order valence-electron chi connectivity index (χ2n) is 7.47. The molecule has 1 unspecified atom stereocenters. The van der Waals surface area contributed by atoms with Crippen molar-refractivity contribution in [1.82, 2.24) is 4.98 Å². The SMILES string of the molecule is CCCc1ccc(CCc2[nH]c(OCC3CCCCO3)cc(=O)c2NC)cc1. The smallest absolute Gasteiger partial charge is 0.208 e. The van der Waals surface area contributed by atoms with Crippen molar-refractivity contribution in [1.29, 1.82) is 0 Å². The van der Waals surface area contributed by atoms with Gasteiger partial charge >= 0.3 is 0 Å². The van der Waals surface area contributed by atoms with E-state index < -0.39 is 0 Å². The summed E-state index contributed by atoms with van der Waals surface area (Å²) >= 11 is 0. The van der Waals surface area contributed by atoms with Crippen LogP contribution in [0, 0.1) is 0 Å². The largest absolute Gasteiger partial charge is 0.476 e. The average molecular weight is 385 g/mol. The van der Waals surface area contributed by atoms with Crippen LogP contribution in [0.25, 0.3) is 0 Å². The highest BCUT2D eigenvalue weighted by atomic mass is 16.5. The fraction of sp³-hybridized carbons (Fsp3) is 0.522. The third-order valence-electron chi connectivity index (χ3n) is 5.26. The first-order valence-corrected chi connectivity index (χ1v) is 10.5. The van der Waals surface area contributed by atoms with Crippen molar-refractivity contribution < 1.29 is 9.47 Å². The summed E-state index contributed by atoms with van der Waals surface area (Å²) in [6.45, 7) is 3.47. The Balaban J connectivity index is 1.66. The summed E-state index contributed by atoms with van der Waals surface area (Å²) in [5, 5.41) is 3.03. The Morgan fingerprint density at radius 1 is 1.14 bits per heavy atom. The van der Waals surface area contributed by atoms with E-state index in [1.165, 1.54) is 23.6 Å². The Kier molecular flexibility index (Phi) is 7.54. The molecule has 2 N–H and O–H groups in total. The summed E-state index contributed by atoms with van der Waals surface area (Å²) < 4.78 is 11.6. The van der Waals surface area contributed by atoms with Gasteiger partial charge in [-0.15, -0.1) is 0 Å². The van der Waals surface area contributed by atoms with Gasteiger partial charge in [0.05, 0.1) is 6.10 Å². The summed E-state index contributed by atoms with van der Waals surface area (Å²) in [7, 11) is 1.78. The van der Waals surface area contributed by atoms with E-state index in [2.05, 4.69) is 41.5 Å². The van der Waals surface area contributed by atoms with E-state index >= 15 is 0 Å². The van der Waals surface area contributed by atoms with Crippen molar-refractivity contribution in [3.63, 3.8) is 0 Å². The minimum absolute atomic E-state index is 0.0471. The van der Waals surface area contributed by atoms with E-state index in [1.54, 1.807) is 7.05 Å². The van der Waals surface area contributed by atoms with Crippen LogP contribution < -0.4 is 15.5 Å². The standard InChI is InChI=1S/C23H32N2O3/c1-3-6-17-8-10-18(11-9-17)12-13-20-23(24-2)21(26)15-22(25-20)28-16-19-7-4-5-14-27-19/h8-11,15,19,24H,3-7,12-14,16H2,1-2H3,(H,25,26). The molecule has 1 fully saturated rings. The summed E-state index contributed by atoms with van der Waals surface area (Å²) in [5.74, 6) is 0.520. The van der Waals surface area contributed by atoms with Crippen molar-refractivity contribution in [2.24, 2.45) is 0 Å². The second-order valence-corrected chi connectivity index (χ2v) is 7.47. The van der Waals surface area contributed by atoms with Gasteiger partial charge in [-0.1, -0.05) is 37.6 Å². The van der Waals surface area contributed by atoms with E-state index in [9.17, 15) is 4.79 Å². The van der Waals surface area contributed by atoms with Crippen LogP contribution in [0.15, 0.2) is 35.1 Å². The lowest BCUT2D eigenvalue weighted by Crippen LogP contribution is -2.26. The van der Waals surface area contributed by atoms with E-state index in [-0.39, 0.29) is 11.5 Å². The molecule has 1 aliphatic rings. The first-order valence-electron chi connectivity index (χ1n) is 10.5. The Bertz CT molecular complexity index is 792. The van der Waals surface area contributed by atoms with Crippen molar-refractivity contribution in [2.45, 2.75) is 58.0 Å². The van der Waals surface area contributed by atoms with Gasteiger partial charge < -0.3 is 19.8 Å². The van der Waals surface area contributed by atoms with Gasteiger partial charge in [0.1, 0.15) is 12.3 Å². The zero-order valence-electron chi connectivity index (χ0n) is 17.1. The number of benzene rings is 1. The van der Waals surface area contributed by atoms with Gasteiger partial charge in [-0.3, -0.25) is 4.79 Å². The Hall–Kier alpha value is -2.27. The third-order valence-corrected chi connectivity index (χ3v) is 5.26. The zero-order chi connectivity index (χ0) is 19.8. The maximum absolute atomic E-state index is 12.5. The van der Waals surface area contributed by atoms with Gasteiger partial charge in [-0.2, -0.15) is 0 Å². The molecule has 1 atom stereocenters. The molecule has 0 saturated carbocycles. The molecule has 3 rings (SSSR count). The number of pyridine rings is 1. The number of hydrogen-bond acceptors (Lipinski definition) is 4. The molecule has 0 aliphatic carbocycles. The van der Waals surface area contributed by atoms with Crippen LogP contribution in [0.1, 0.15) is 49.4 Å². The molecule has 0 amide bonds. The number of aromatic amines is 1. The summed E-state index contributed by atoms with van der Waals surface area (Å²) in [6, 6.07) is 10.3. The van der Waals surface area contributed by atoms with Crippen molar-refractivity contribution >= 4 is 5.69 Å². The first-order chi connectivity index (χ1) is 13.7. The average Bonchev–Trinajstić information content (AvgIpc) is 2.72. The molecule has 5 heteroatoms. The van der Waals surface area contributed by atoms with Crippen LogP contribution >= 0.6 is 0 Å². The van der Waals surface area contributed by atoms with Crippen molar-refractivity contribution in [2.75, 3.05) is 25.6 Å². The number of aryl methyl sites for hydroxylation is 3. The van der Waals surface area contributed by atoms with E-state index in [0.717, 1.165) is 50.8 Å². The molecule has 5 nitrogen and oxygen atoms in total. The predicted molar refractivity (Wildman–Crippen MR) is 114 cm³/mol. The Morgan fingerprint density at radius 2 is 1.89 bits per heavy atom. The molecule has 28 heavy (non-hydrogen) atoms. The molecule has 0 spiro atoms. The van der Waals surface area contributed by atoms with Gasteiger partial charge in [0.25, 0.3) is 0 Å². The van der Waals surface area contributed by atoms with Gasteiger partial charge in [-0.05, 0) is 49.7 Å². The fourth-order valence-electron chi connectivity index (χ4n) is 3.68. The van der Waals surface area contributed by atoms with Gasteiger partial charge in [-0.25, -0.2) is 0 Å². The lowest BCUT2D eigenvalue weighted by atomic mass is 10.0. The van der Waals surface area contributed by atoms with Crippen LogP contribution in [-0.4, -0.2) is 31.3 Å². The van der Waals surface area contributed by atoms with Crippen LogP contribution in [0.5, 0.6) is 5.88 Å². The third kappa shape index (κ3) is 5.61. The summed E-state index contributed by atoms with van der Waals surface area (Å²) in [5.41, 5.74) is 4.09. The molecule has 0 radical (unpaired) electrons. The van der Waals surface area contributed by atoms with E-state index in [1.807, 2.05) is 0 Å². The Morgan fingerprint density at radius 3 is 2.54 bits per heavy atom. The first kappa shape index (κ1) is 20.5. The number of nitrogens with one attached hydrogen (secondary N) is 2. The molecule has 2 aromatic rings. The maximum atomic E-state index is 12.5. The van der Waals surface area contributed by atoms with Gasteiger partial charge in [0, 0.05) is 25.4 Å². The molecular weight excluding hydrogens is 352 g/mol. The zero-order valence-corrected chi connectivity index (χ0v) is 17.1. The minimum Gasteiger partial charge on any atom is -0.476 e. The second kappa shape index (κ2) is 10.3. The number of rotatable bonds is 9. The van der Waals surface area contributed by atoms with Crippen molar-refractivity contribution in [3.8, 4) is 5.88 Å². The number of H-pyrrole nitrogens is 1. The minimum atomic E-state index is -0.0471. The lowest BCUT2D eigenvalue weighted by molar-refractivity contribution is -0.0119. The molecule has 1 aromatic heterocycles. The lowest BCUT2D eigenvalue weighted by Gasteiger charge is -2.22. The molecule has 1 saturated heterocycles. The Labute approximate surface area is 167 Å². The van der Waals surface area contributed by atoms with Crippen LogP contribution in [0.4, 0.5) is 5.69 Å². The highest BCUT2D eigenvalue weighted by Gasteiger charge is 2.16. The highest BCUT2D eigenvalue weighted by molar-refractivity contribution is 5.49. The topological polar surface area (TPSA) is 63.4 Å². The molecular formula is C23H32N2O3. The molecule has 2 heterocycles. The van der Waals surface area contributed by atoms with Gasteiger partial charge in [0.2, 0.25) is 5.43 Å². The number of anilines is 1. The maximum Gasteiger partial charge on any atom is 0.208 e. The summed E-state index contributed by atoms with van der Waals surface area (Å²) in [4.78, 5) is 15.8. The molecule has 0 bridgehead atoms. The van der Waals surface area contributed by atoms with E-state index in [4.69, 9.17) is 9.47 Å². The quantitative estimate of drug-likeness (QED) is 0.683. The summed E-state index contributed by atoms with van der Waals surface area (Å²) in [6.07, 6.45) is 7.30. The van der Waals surface area contributed by atoms with Gasteiger partial charge in [0.15, 0.2) is 5.88 Å². The monoisotopic (exact) mass is 384 g/mol. The fourth-order valence-corrected chi connectivity index (χ4v) is 3.68. The number of ether oxygens (including phenoxy) is 2. The van der Waals surface area contributed by atoms with Crippen LogP contribution in [-0.2, 0) is 24.0 Å². The van der Waals surface area contributed by atoms with Crippen LogP contribution in [0.3, 0.4) is 0 Å². The predicted octanol–water partition coefficient (Wildman–Crippen LogP) is 4.10. The highest BCUT2D eigenvalue weighted by Crippen LogP contribution is 2.18. The molecule has 1 aromatic carbocycles. The van der Waals surface area contributed by atoms with Crippen molar-refractivity contribution in [3.05, 3.63) is 57.4 Å². The number of aromatic nitrogens is 1. The molecule has 1 aliphatic heterocycles.